The lowest BCUT2D eigenvalue weighted by Crippen LogP contribution is -1.96. The Labute approximate surface area is 213 Å². The maximum atomic E-state index is 9.24. The Bertz CT molecular complexity index is 2140. The van der Waals surface area contributed by atoms with E-state index in [0.29, 0.717) is 5.56 Å². The van der Waals surface area contributed by atoms with Crippen LogP contribution >= 0.6 is 0 Å². The summed E-state index contributed by atoms with van der Waals surface area (Å²) in [5.74, 6) is 0. The highest BCUT2D eigenvalue weighted by Crippen LogP contribution is 2.42. The van der Waals surface area contributed by atoms with Crippen LogP contribution < -0.4 is 0 Å². The summed E-state index contributed by atoms with van der Waals surface area (Å²) in [5, 5.41) is 19.3. The first-order valence-electron chi connectivity index (χ1n) is 12.5. The van der Waals surface area contributed by atoms with E-state index in [2.05, 4.69) is 108 Å². The van der Waals surface area contributed by atoms with Crippen LogP contribution in [0.2, 0.25) is 0 Å². The average molecular weight is 469 g/mol. The molecule has 8 rings (SSSR count). The molecular weight excluding hydrogens is 448 g/mol. The van der Waals surface area contributed by atoms with Gasteiger partial charge in [0.1, 0.15) is 0 Å². The smallest absolute Gasteiger partial charge is 0.0991 e. The second kappa shape index (κ2) is 7.43. The van der Waals surface area contributed by atoms with Gasteiger partial charge in [0.05, 0.1) is 28.4 Å². The summed E-state index contributed by atoms with van der Waals surface area (Å²) in [4.78, 5) is 0. The number of fused-ring (bicyclic) bond motifs is 3. The second-order valence-electron chi connectivity index (χ2n) is 9.68. The van der Waals surface area contributed by atoms with Crippen molar-refractivity contribution in [1.29, 1.82) is 5.26 Å². The van der Waals surface area contributed by atoms with Gasteiger partial charge in [-0.05, 0) is 68.4 Å². The van der Waals surface area contributed by atoms with Crippen molar-refractivity contribution in [2.45, 2.75) is 0 Å². The van der Waals surface area contributed by atoms with E-state index in [1.165, 1.54) is 65.4 Å². The van der Waals surface area contributed by atoms with E-state index in [1.54, 1.807) is 0 Å². The fraction of sp³-hybridized carbons (Fsp3) is 0. The van der Waals surface area contributed by atoms with E-state index in [4.69, 9.17) is 0 Å². The molecule has 0 saturated carbocycles. The van der Waals surface area contributed by atoms with Gasteiger partial charge in [0.25, 0.3) is 0 Å². The van der Waals surface area contributed by atoms with E-state index in [9.17, 15) is 5.26 Å². The molecule has 0 atom stereocenters. The fourth-order valence-corrected chi connectivity index (χ4v) is 6.14. The van der Waals surface area contributed by atoms with Gasteiger partial charge in [-0.25, -0.2) is 0 Å². The molecular formula is C35H20N2. The van der Waals surface area contributed by atoms with Crippen molar-refractivity contribution in [1.82, 2.24) is 4.57 Å². The molecule has 2 nitrogen and oxygen atoms in total. The molecule has 2 heteroatoms. The van der Waals surface area contributed by atoms with Crippen LogP contribution in [0, 0.1) is 11.3 Å². The van der Waals surface area contributed by atoms with Crippen molar-refractivity contribution in [3.63, 3.8) is 0 Å². The van der Waals surface area contributed by atoms with Crippen molar-refractivity contribution in [2.24, 2.45) is 0 Å². The molecule has 0 radical (unpaired) electrons. The molecule has 170 valence electrons. The fourth-order valence-electron chi connectivity index (χ4n) is 6.14. The van der Waals surface area contributed by atoms with Crippen LogP contribution in [0.5, 0.6) is 0 Å². The third-order valence-corrected chi connectivity index (χ3v) is 7.79. The molecule has 0 unspecified atom stereocenters. The molecule has 0 spiro atoms. The maximum Gasteiger partial charge on any atom is 0.0991 e. The lowest BCUT2D eigenvalue weighted by molar-refractivity contribution is 1.20. The zero-order chi connectivity index (χ0) is 24.5. The molecule has 37 heavy (non-hydrogen) atoms. The van der Waals surface area contributed by atoms with Crippen LogP contribution in [0.25, 0.3) is 70.9 Å². The molecule has 0 aliphatic rings. The third-order valence-electron chi connectivity index (χ3n) is 7.79. The molecule has 0 amide bonds. The summed E-state index contributed by atoms with van der Waals surface area (Å²) in [5.41, 5.74) is 6.63. The highest BCUT2D eigenvalue weighted by molar-refractivity contribution is 6.27. The molecule has 8 aromatic rings. The Balaban J connectivity index is 1.49. The highest BCUT2D eigenvalue weighted by atomic mass is 15.0. The van der Waals surface area contributed by atoms with Crippen LogP contribution in [0.4, 0.5) is 0 Å². The number of aromatic nitrogens is 1. The first-order chi connectivity index (χ1) is 18.3. The minimum absolute atomic E-state index is 0.678. The predicted octanol–water partition coefficient (Wildman–Crippen LogP) is 9.22. The van der Waals surface area contributed by atoms with Crippen molar-refractivity contribution in [3.8, 4) is 22.9 Å². The quantitative estimate of drug-likeness (QED) is 0.232. The summed E-state index contributed by atoms with van der Waals surface area (Å²) in [6.07, 6.45) is 0. The molecule has 0 saturated heterocycles. The third kappa shape index (κ3) is 2.74. The normalized spacial score (nSPS) is 11.8. The zero-order valence-corrected chi connectivity index (χ0v) is 19.9. The Morgan fingerprint density at radius 2 is 1.05 bits per heavy atom. The van der Waals surface area contributed by atoms with Crippen molar-refractivity contribution < 1.29 is 0 Å². The number of hydrogen-bond acceptors (Lipinski definition) is 1. The standard InChI is InChI=1S/C35H20N2/c36-21-22-9-11-23(12-10-22)26-17-13-24-15-19-30-33(20-16-25-14-18-29(26)34(24)35(25)30)37-31-7-3-1-5-27(31)28-6-2-4-8-32(28)37/h1-20H. The van der Waals surface area contributed by atoms with Gasteiger partial charge in [0.15, 0.2) is 0 Å². The number of rotatable bonds is 2. The molecule has 7 aromatic carbocycles. The monoisotopic (exact) mass is 468 g/mol. The summed E-state index contributed by atoms with van der Waals surface area (Å²) in [6.45, 7) is 0. The summed E-state index contributed by atoms with van der Waals surface area (Å²) in [6, 6.07) is 45.5. The number of hydrogen-bond donors (Lipinski definition) is 0. The number of nitrogens with zero attached hydrogens (tertiary/aromatic N) is 2. The van der Waals surface area contributed by atoms with E-state index in [-0.39, 0.29) is 0 Å². The van der Waals surface area contributed by atoms with Crippen molar-refractivity contribution >= 4 is 54.1 Å². The number of benzene rings is 7. The molecule has 0 aliphatic carbocycles. The van der Waals surface area contributed by atoms with E-state index in [1.807, 2.05) is 24.3 Å². The van der Waals surface area contributed by atoms with Gasteiger partial charge in [0, 0.05) is 16.2 Å². The molecule has 1 aromatic heterocycles. The minimum Gasteiger partial charge on any atom is -0.309 e. The van der Waals surface area contributed by atoms with Crippen LogP contribution in [-0.2, 0) is 0 Å². The summed E-state index contributed by atoms with van der Waals surface area (Å²) in [7, 11) is 0. The van der Waals surface area contributed by atoms with Gasteiger partial charge in [-0.1, -0.05) is 91.0 Å². The lowest BCUT2D eigenvalue weighted by Gasteiger charge is -2.17. The van der Waals surface area contributed by atoms with Crippen molar-refractivity contribution in [3.05, 3.63) is 127 Å². The van der Waals surface area contributed by atoms with Crippen molar-refractivity contribution in [2.75, 3.05) is 0 Å². The predicted molar refractivity (Wildman–Crippen MR) is 155 cm³/mol. The van der Waals surface area contributed by atoms with Gasteiger partial charge >= 0.3 is 0 Å². The Hall–Kier alpha value is -5.13. The molecule has 0 fully saturated rings. The highest BCUT2D eigenvalue weighted by Gasteiger charge is 2.17. The van der Waals surface area contributed by atoms with E-state index in [0.717, 1.165) is 5.56 Å². The average Bonchev–Trinajstić information content (AvgIpc) is 3.30. The van der Waals surface area contributed by atoms with Gasteiger partial charge in [-0.15, -0.1) is 0 Å². The van der Waals surface area contributed by atoms with Crippen LogP contribution in [-0.4, -0.2) is 4.57 Å². The second-order valence-corrected chi connectivity index (χ2v) is 9.68. The van der Waals surface area contributed by atoms with Crippen LogP contribution in [0.15, 0.2) is 121 Å². The SMILES string of the molecule is N#Cc1ccc(-c2ccc3ccc4c(-n5c6ccccc6c6ccccc65)ccc5ccc2c3c54)cc1. The van der Waals surface area contributed by atoms with Crippen LogP contribution in [0.3, 0.4) is 0 Å². The Morgan fingerprint density at radius 3 is 1.73 bits per heavy atom. The van der Waals surface area contributed by atoms with Gasteiger partial charge in [0.2, 0.25) is 0 Å². The zero-order valence-electron chi connectivity index (χ0n) is 19.9. The molecule has 1 heterocycles. The maximum absolute atomic E-state index is 9.24. The Kier molecular flexibility index (Phi) is 4.04. The topological polar surface area (TPSA) is 28.7 Å². The molecule has 0 aliphatic heterocycles. The first kappa shape index (κ1) is 20.1. The Morgan fingerprint density at radius 1 is 0.486 bits per heavy atom. The van der Waals surface area contributed by atoms with E-state index < -0.39 is 0 Å². The van der Waals surface area contributed by atoms with Crippen LogP contribution in [0.1, 0.15) is 5.56 Å². The molecule has 0 bridgehead atoms. The van der Waals surface area contributed by atoms with Gasteiger partial charge in [-0.2, -0.15) is 5.26 Å². The molecule has 0 N–H and O–H groups in total. The van der Waals surface area contributed by atoms with Gasteiger partial charge in [-0.3, -0.25) is 0 Å². The first-order valence-corrected chi connectivity index (χ1v) is 12.5. The largest absolute Gasteiger partial charge is 0.309 e. The van der Waals surface area contributed by atoms with E-state index >= 15 is 0 Å². The minimum atomic E-state index is 0.678. The summed E-state index contributed by atoms with van der Waals surface area (Å²) < 4.78 is 2.41. The number of nitriles is 1. The van der Waals surface area contributed by atoms with Gasteiger partial charge < -0.3 is 4.57 Å². The lowest BCUT2D eigenvalue weighted by atomic mass is 9.89. The summed E-state index contributed by atoms with van der Waals surface area (Å²) >= 11 is 0. The number of para-hydroxylation sites is 2.